The van der Waals surface area contributed by atoms with E-state index in [0.717, 1.165) is 22.6 Å². The van der Waals surface area contributed by atoms with Gasteiger partial charge < -0.3 is 20.7 Å². The van der Waals surface area contributed by atoms with Crippen LogP contribution in [0.1, 0.15) is 57.1 Å². The number of methoxy groups -OCH3 is 1. The van der Waals surface area contributed by atoms with Crippen molar-refractivity contribution in [2.24, 2.45) is 0 Å². The van der Waals surface area contributed by atoms with Crippen molar-refractivity contribution in [2.75, 3.05) is 24.3 Å². The van der Waals surface area contributed by atoms with E-state index in [-0.39, 0.29) is 24.9 Å². The summed E-state index contributed by atoms with van der Waals surface area (Å²) in [7, 11) is 1.59. The molecule has 29 heavy (non-hydrogen) atoms. The zero-order valence-corrected chi connectivity index (χ0v) is 17.8. The molecule has 0 atom stereocenters. The fourth-order valence-electron chi connectivity index (χ4n) is 3.04. The van der Waals surface area contributed by atoms with Gasteiger partial charge >= 0.3 is 6.03 Å². The zero-order chi connectivity index (χ0) is 21.4. The summed E-state index contributed by atoms with van der Waals surface area (Å²) in [6.07, 6.45) is 0.194. The minimum Gasteiger partial charge on any atom is -0.497 e. The topological polar surface area (TPSA) is 79.5 Å². The monoisotopic (exact) mass is 397 g/mol. The Morgan fingerprint density at radius 1 is 0.897 bits per heavy atom. The van der Waals surface area contributed by atoms with Crippen molar-refractivity contribution in [1.82, 2.24) is 5.32 Å². The molecule has 0 saturated carbocycles. The summed E-state index contributed by atoms with van der Waals surface area (Å²) in [5, 5.41) is 8.49. The van der Waals surface area contributed by atoms with Crippen molar-refractivity contribution >= 4 is 23.3 Å². The Kier molecular flexibility index (Phi) is 8.07. The highest BCUT2D eigenvalue weighted by Crippen LogP contribution is 2.32. The molecule has 0 aliphatic heterocycles. The Hall–Kier alpha value is -3.02. The van der Waals surface area contributed by atoms with E-state index in [1.807, 2.05) is 18.2 Å². The van der Waals surface area contributed by atoms with Crippen molar-refractivity contribution in [3.05, 3.63) is 53.6 Å². The number of anilines is 2. The number of carbonyl (C=O) groups is 2. The Bertz CT molecular complexity index is 804. The van der Waals surface area contributed by atoms with Crippen LogP contribution in [0.15, 0.2) is 42.5 Å². The maximum atomic E-state index is 12.5. The maximum absolute atomic E-state index is 12.5. The highest BCUT2D eigenvalue weighted by molar-refractivity contribution is 5.94. The van der Waals surface area contributed by atoms with Crippen molar-refractivity contribution in [2.45, 2.75) is 46.0 Å². The van der Waals surface area contributed by atoms with Gasteiger partial charge in [-0.25, -0.2) is 4.79 Å². The quantitative estimate of drug-likeness (QED) is 0.580. The van der Waals surface area contributed by atoms with Crippen LogP contribution in [0.25, 0.3) is 0 Å². The third-order valence-electron chi connectivity index (χ3n) is 4.62. The molecule has 2 rings (SSSR count). The highest BCUT2D eigenvalue weighted by Gasteiger charge is 2.16. The van der Waals surface area contributed by atoms with Gasteiger partial charge in [0.2, 0.25) is 5.91 Å². The molecule has 0 fully saturated rings. The van der Waals surface area contributed by atoms with Gasteiger partial charge in [0.15, 0.2) is 0 Å². The van der Waals surface area contributed by atoms with E-state index in [1.165, 1.54) is 0 Å². The number of benzene rings is 2. The average Bonchev–Trinajstić information content (AvgIpc) is 2.68. The SMILES string of the molecule is COc1ccc(NC(=O)NCCC(=O)Nc2c(C(C)C)cccc2C(C)C)cc1. The first-order valence-electron chi connectivity index (χ1n) is 9.93. The van der Waals surface area contributed by atoms with Crippen LogP contribution < -0.4 is 20.7 Å². The van der Waals surface area contributed by atoms with Gasteiger partial charge in [-0.1, -0.05) is 45.9 Å². The molecule has 2 aromatic carbocycles. The standard InChI is InChI=1S/C23H31N3O3/c1-15(2)19-7-6-8-20(16(3)4)22(19)26-21(27)13-14-24-23(28)25-17-9-11-18(29-5)12-10-17/h6-12,15-16H,13-14H2,1-5H3,(H,26,27)(H2,24,25,28). The Labute approximate surface area is 173 Å². The molecule has 3 amide bonds. The summed E-state index contributed by atoms with van der Waals surface area (Å²) in [6.45, 7) is 8.69. The van der Waals surface area contributed by atoms with Gasteiger partial charge in [0, 0.05) is 24.3 Å². The van der Waals surface area contributed by atoms with Crippen LogP contribution in [-0.2, 0) is 4.79 Å². The fraction of sp³-hybridized carbons (Fsp3) is 0.391. The molecule has 156 valence electrons. The summed E-state index contributed by atoms with van der Waals surface area (Å²) < 4.78 is 5.09. The molecule has 0 unspecified atom stereocenters. The molecule has 0 bridgehead atoms. The van der Waals surface area contributed by atoms with E-state index in [1.54, 1.807) is 31.4 Å². The van der Waals surface area contributed by atoms with Gasteiger partial charge in [-0.05, 0) is 47.2 Å². The number of hydrogen-bond donors (Lipinski definition) is 3. The van der Waals surface area contributed by atoms with Gasteiger partial charge in [-0.15, -0.1) is 0 Å². The lowest BCUT2D eigenvalue weighted by Gasteiger charge is -2.20. The number of amides is 3. The molecule has 6 nitrogen and oxygen atoms in total. The summed E-state index contributed by atoms with van der Waals surface area (Å²) in [4.78, 5) is 24.5. The molecule has 0 heterocycles. The molecule has 3 N–H and O–H groups in total. The maximum Gasteiger partial charge on any atom is 0.319 e. The third-order valence-corrected chi connectivity index (χ3v) is 4.62. The van der Waals surface area contributed by atoms with Crippen LogP contribution in [0.2, 0.25) is 0 Å². The second-order valence-corrected chi connectivity index (χ2v) is 7.53. The van der Waals surface area contributed by atoms with Crippen LogP contribution in [0, 0.1) is 0 Å². The van der Waals surface area contributed by atoms with Gasteiger partial charge in [-0.2, -0.15) is 0 Å². The molecule has 0 aliphatic carbocycles. The van der Waals surface area contributed by atoms with E-state index in [9.17, 15) is 9.59 Å². The van der Waals surface area contributed by atoms with Crippen molar-refractivity contribution in [3.63, 3.8) is 0 Å². The van der Waals surface area contributed by atoms with E-state index in [0.29, 0.717) is 17.5 Å². The average molecular weight is 398 g/mol. The minimum atomic E-state index is -0.353. The Morgan fingerprint density at radius 2 is 1.48 bits per heavy atom. The molecule has 0 aromatic heterocycles. The summed E-state index contributed by atoms with van der Waals surface area (Å²) >= 11 is 0. The lowest BCUT2D eigenvalue weighted by atomic mass is 9.92. The Morgan fingerprint density at radius 3 is 2.00 bits per heavy atom. The second-order valence-electron chi connectivity index (χ2n) is 7.53. The molecular weight excluding hydrogens is 366 g/mol. The summed E-state index contributed by atoms with van der Waals surface area (Å²) in [5.74, 6) is 1.20. The molecule has 0 aliphatic rings. The predicted molar refractivity (Wildman–Crippen MR) is 118 cm³/mol. The van der Waals surface area contributed by atoms with Crippen molar-refractivity contribution in [1.29, 1.82) is 0 Å². The normalized spacial score (nSPS) is 10.7. The van der Waals surface area contributed by atoms with Gasteiger partial charge in [0.25, 0.3) is 0 Å². The van der Waals surface area contributed by atoms with Gasteiger partial charge in [0.1, 0.15) is 5.75 Å². The number of carbonyl (C=O) groups excluding carboxylic acids is 2. The number of rotatable bonds is 8. The second kappa shape index (κ2) is 10.5. The number of urea groups is 1. The van der Waals surface area contributed by atoms with Gasteiger partial charge in [0.05, 0.1) is 7.11 Å². The fourth-order valence-corrected chi connectivity index (χ4v) is 3.04. The summed E-state index contributed by atoms with van der Waals surface area (Å²) in [5.41, 5.74) is 3.79. The molecule has 0 saturated heterocycles. The largest absolute Gasteiger partial charge is 0.497 e. The minimum absolute atomic E-state index is 0.121. The summed E-state index contributed by atoms with van der Waals surface area (Å²) in [6, 6.07) is 12.8. The van der Waals surface area contributed by atoms with Crippen LogP contribution in [0.4, 0.5) is 16.2 Å². The molecule has 0 radical (unpaired) electrons. The van der Waals surface area contributed by atoms with Crippen LogP contribution in [-0.4, -0.2) is 25.6 Å². The first-order chi connectivity index (χ1) is 13.8. The van der Waals surface area contributed by atoms with E-state index >= 15 is 0 Å². The lowest BCUT2D eigenvalue weighted by Crippen LogP contribution is -2.31. The predicted octanol–water partition coefficient (Wildman–Crippen LogP) is 5.09. The number of hydrogen-bond acceptors (Lipinski definition) is 3. The van der Waals surface area contributed by atoms with Crippen LogP contribution >= 0.6 is 0 Å². The van der Waals surface area contributed by atoms with Crippen LogP contribution in [0.3, 0.4) is 0 Å². The Balaban J connectivity index is 1.89. The number of ether oxygens (including phenoxy) is 1. The molecular formula is C23H31N3O3. The first-order valence-corrected chi connectivity index (χ1v) is 9.93. The number of para-hydroxylation sites is 1. The number of nitrogens with one attached hydrogen (secondary N) is 3. The lowest BCUT2D eigenvalue weighted by molar-refractivity contribution is -0.116. The van der Waals surface area contributed by atoms with E-state index in [2.05, 4.69) is 43.6 Å². The van der Waals surface area contributed by atoms with Crippen LogP contribution in [0.5, 0.6) is 5.75 Å². The van der Waals surface area contributed by atoms with E-state index < -0.39 is 0 Å². The highest BCUT2D eigenvalue weighted by atomic mass is 16.5. The molecule has 2 aromatic rings. The van der Waals surface area contributed by atoms with Gasteiger partial charge in [-0.3, -0.25) is 4.79 Å². The zero-order valence-electron chi connectivity index (χ0n) is 17.8. The van der Waals surface area contributed by atoms with Crippen molar-refractivity contribution in [3.8, 4) is 5.75 Å². The smallest absolute Gasteiger partial charge is 0.319 e. The first kappa shape index (κ1) is 22.3. The molecule has 6 heteroatoms. The van der Waals surface area contributed by atoms with E-state index in [4.69, 9.17) is 4.74 Å². The van der Waals surface area contributed by atoms with Crippen molar-refractivity contribution < 1.29 is 14.3 Å². The molecule has 0 spiro atoms. The third kappa shape index (κ3) is 6.52.